The van der Waals surface area contributed by atoms with Gasteiger partial charge in [0.05, 0.1) is 18.8 Å². The number of phosphoric ester groups is 1. The van der Waals surface area contributed by atoms with E-state index in [0.29, 0.717) is 0 Å². The molecular formula is C20H42NO5P. The Balaban J connectivity index is 3.74. The molecule has 0 saturated carbocycles. The first-order valence-corrected chi connectivity index (χ1v) is 12.0. The Kier molecular flexibility index (Phi) is 16.6. The van der Waals surface area contributed by atoms with Crippen LogP contribution in [0.15, 0.2) is 12.2 Å². The van der Waals surface area contributed by atoms with Crippen LogP contribution in [0.25, 0.3) is 0 Å². The molecule has 7 heteroatoms. The molecule has 0 rings (SSSR count). The molecule has 3 N–H and O–H groups in total. The third-order valence-electron chi connectivity index (χ3n) is 4.78. The lowest BCUT2D eigenvalue weighted by molar-refractivity contribution is 0.0630. The van der Waals surface area contributed by atoms with Gasteiger partial charge < -0.3 is 19.8 Å². The molecule has 0 saturated heterocycles. The molecule has 2 unspecified atom stereocenters. The molecule has 0 heterocycles. The first-order valence-electron chi connectivity index (χ1n) is 10.5. The van der Waals surface area contributed by atoms with E-state index in [9.17, 15) is 9.67 Å². The number of aliphatic hydroxyl groups excluding tert-OH is 1. The molecule has 0 aliphatic carbocycles. The van der Waals surface area contributed by atoms with Crippen LogP contribution in [0.4, 0.5) is 0 Å². The Morgan fingerprint density at radius 3 is 1.85 bits per heavy atom. The molecule has 0 radical (unpaired) electrons. The van der Waals surface area contributed by atoms with Gasteiger partial charge in [-0.25, -0.2) is 4.57 Å². The SMILES string of the molecule is CCCCCCCCCCCCC/C=C/C(O)C(COP(=O)(O)O)N(C)C. The van der Waals surface area contributed by atoms with Crippen LogP contribution in [0.3, 0.4) is 0 Å². The Morgan fingerprint density at radius 2 is 1.41 bits per heavy atom. The molecule has 27 heavy (non-hydrogen) atoms. The normalized spacial score (nSPS) is 14.9. The summed E-state index contributed by atoms with van der Waals surface area (Å²) in [6.45, 7) is 2.03. The number of phosphoric acid groups is 1. The zero-order chi connectivity index (χ0) is 20.5. The summed E-state index contributed by atoms with van der Waals surface area (Å²) in [6.07, 6.45) is 18.1. The standard InChI is InChI=1S/C20H42NO5P/c1-4-5-6-7-8-9-10-11-12-13-14-15-16-17-20(22)19(21(2)3)18-26-27(23,24)25/h16-17,19-20,22H,4-15,18H2,1-3H3,(H2,23,24,25)/b17-16+. The third-order valence-corrected chi connectivity index (χ3v) is 5.26. The lowest BCUT2D eigenvalue weighted by atomic mass is 10.0. The summed E-state index contributed by atoms with van der Waals surface area (Å²) in [5, 5.41) is 10.2. The minimum atomic E-state index is -4.52. The van der Waals surface area contributed by atoms with Crippen LogP contribution in [-0.2, 0) is 9.09 Å². The van der Waals surface area contributed by atoms with Crippen molar-refractivity contribution < 1.29 is 24.0 Å². The quantitative estimate of drug-likeness (QED) is 0.174. The van der Waals surface area contributed by atoms with Crippen LogP contribution >= 0.6 is 7.82 Å². The zero-order valence-corrected chi connectivity index (χ0v) is 18.4. The fourth-order valence-corrected chi connectivity index (χ4v) is 3.36. The van der Waals surface area contributed by atoms with E-state index in [4.69, 9.17) is 9.79 Å². The molecule has 6 nitrogen and oxygen atoms in total. The number of allylic oxidation sites excluding steroid dienone is 1. The number of hydrogen-bond acceptors (Lipinski definition) is 4. The molecule has 0 aromatic rings. The Morgan fingerprint density at radius 1 is 0.926 bits per heavy atom. The van der Waals surface area contributed by atoms with Crippen molar-refractivity contribution in [3.05, 3.63) is 12.2 Å². The van der Waals surface area contributed by atoms with Crippen molar-refractivity contribution in [3.63, 3.8) is 0 Å². The maximum absolute atomic E-state index is 10.8. The number of nitrogens with zero attached hydrogens (tertiary/aromatic N) is 1. The van der Waals surface area contributed by atoms with Crippen molar-refractivity contribution in [2.45, 2.75) is 96.1 Å². The minimum absolute atomic E-state index is 0.221. The lowest BCUT2D eigenvalue weighted by Crippen LogP contribution is -2.41. The highest BCUT2D eigenvalue weighted by Gasteiger charge is 2.24. The Hall–Kier alpha value is -0.230. The summed E-state index contributed by atoms with van der Waals surface area (Å²) in [5.41, 5.74) is 0. The van der Waals surface area contributed by atoms with Gasteiger partial charge in [-0.3, -0.25) is 4.52 Å². The summed E-state index contributed by atoms with van der Waals surface area (Å²) in [4.78, 5) is 19.3. The number of likely N-dealkylation sites (N-methyl/N-ethyl adjacent to an activating group) is 1. The maximum Gasteiger partial charge on any atom is 0.469 e. The van der Waals surface area contributed by atoms with Gasteiger partial charge in [-0.05, 0) is 26.9 Å². The van der Waals surface area contributed by atoms with Crippen molar-refractivity contribution in [3.8, 4) is 0 Å². The highest BCUT2D eigenvalue weighted by Crippen LogP contribution is 2.36. The molecule has 0 aromatic carbocycles. The fourth-order valence-electron chi connectivity index (χ4n) is 3.02. The molecule has 0 spiro atoms. The highest BCUT2D eigenvalue weighted by atomic mass is 31.2. The van der Waals surface area contributed by atoms with Crippen molar-refractivity contribution in [2.24, 2.45) is 0 Å². The van der Waals surface area contributed by atoms with Gasteiger partial charge in [-0.15, -0.1) is 0 Å². The van der Waals surface area contributed by atoms with Crippen molar-refractivity contribution in [1.29, 1.82) is 0 Å². The maximum atomic E-state index is 10.8. The van der Waals surface area contributed by atoms with Crippen LogP contribution in [0.1, 0.15) is 84.0 Å². The number of aliphatic hydroxyl groups is 1. The Labute approximate surface area is 166 Å². The van der Waals surface area contributed by atoms with E-state index in [1.807, 2.05) is 6.08 Å². The average molecular weight is 408 g/mol. The molecule has 0 aliphatic heterocycles. The highest BCUT2D eigenvalue weighted by molar-refractivity contribution is 7.46. The summed E-state index contributed by atoms with van der Waals surface area (Å²) >= 11 is 0. The third kappa shape index (κ3) is 17.6. The van der Waals surface area contributed by atoms with E-state index in [1.165, 1.54) is 64.2 Å². The van der Waals surface area contributed by atoms with Gasteiger partial charge in [0.15, 0.2) is 0 Å². The van der Waals surface area contributed by atoms with Gasteiger partial charge in [0.2, 0.25) is 0 Å². The zero-order valence-electron chi connectivity index (χ0n) is 17.6. The van der Waals surface area contributed by atoms with E-state index >= 15 is 0 Å². The van der Waals surface area contributed by atoms with E-state index in [1.54, 1.807) is 25.1 Å². The van der Waals surface area contributed by atoms with Crippen LogP contribution < -0.4 is 0 Å². The summed E-state index contributed by atoms with van der Waals surface area (Å²) in [7, 11) is -1.03. The van der Waals surface area contributed by atoms with Gasteiger partial charge in [-0.2, -0.15) is 0 Å². The van der Waals surface area contributed by atoms with Gasteiger partial charge in [0.25, 0.3) is 0 Å². The molecule has 2 atom stereocenters. The second-order valence-corrected chi connectivity index (χ2v) is 8.80. The van der Waals surface area contributed by atoms with E-state index in [2.05, 4.69) is 11.4 Å². The summed E-state index contributed by atoms with van der Waals surface area (Å²) in [6, 6.07) is -0.494. The van der Waals surface area contributed by atoms with Gasteiger partial charge in [-0.1, -0.05) is 83.3 Å². The van der Waals surface area contributed by atoms with Crippen molar-refractivity contribution in [1.82, 2.24) is 4.90 Å². The summed E-state index contributed by atoms with van der Waals surface area (Å²) < 4.78 is 15.3. The van der Waals surface area contributed by atoms with E-state index in [0.717, 1.165) is 12.8 Å². The van der Waals surface area contributed by atoms with Crippen molar-refractivity contribution >= 4 is 7.82 Å². The minimum Gasteiger partial charge on any atom is -0.387 e. The lowest BCUT2D eigenvalue weighted by Gasteiger charge is -2.27. The van der Waals surface area contributed by atoms with Crippen LogP contribution in [0.5, 0.6) is 0 Å². The molecule has 0 aromatic heterocycles. The van der Waals surface area contributed by atoms with Gasteiger partial charge >= 0.3 is 7.82 Å². The van der Waals surface area contributed by atoms with Crippen LogP contribution in [0.2, 0.25) is 0 Å². The molecule has 162 valence electrons. The molecule has 0 aliphatic rings. The topological polar surface area (TPSA) is 90.2 Å². The smallest absolute Gasteiger partial charge is 0.387 e. The van der Waals surface area contributed by atoms with E-state index in [-0.39, 0.29) is 6.61 Å². The molecule has 0 fully saturated rings. The first-order chi connectivity index (χ1) is 12.8. The van der Waals surface area contributed by atoms with Crippen molar-refractivity contribution in [2.75, 3.05) is 20.7 Å². The van der Waals surface area contributed by atoms with E-state index < -0.39 is 20.0 Å². The Bertz CT molecular complexity index is 411. The second-order valence-electron chi connectivity index (χ2n) is 7.56. The predicted molar refractivity (Wildman–Crippen MR) is 112 cm³/mol. The predicted octanol–water partition coefficient (Wildman–Crippen LogP) is 4.64. The molecular weight excluding hydrogens is 365 g/mol. The van der Waals surface area contributed by atoms with Gasteiger partial charge in [0.1, 0.15) is 0 Å². The molecule has 0 amide bonds. The van der Waals surface area contributed by atoms with Crippen LogP contribution in [-0.4, -0.2) is 52.6 Å². The average Bonchev–Trinajstić information content (AvgIpc) is 2.57. The second kappa shape index (κ2) is 16.7. The molecule has 0 bridgehead atoms. The van der Waals surface area contributed by atoms with Gasteiger partial charge in [0, 0.05) is 0 Å². The monoisotopic (exact) mass is 407 g/mol. The summed E-state index contributed by atoms with van der Waals surface area (Å²) in [5.74, 6) is 0. The number of hydrogen-bond donors (Lipinski definition) is 3. The fraction of sp³-hybridized carbons (Fsp3) is 0.900. The van der Waals surface area contributed by atoms with Crippen LogP contribution in [0, 0.1) is 0 Å². The number of unbranched alkanes of at least 4 members (excludes halogenated alkanes) is 11. The number of rotatable bonds is 18. The largest absolute Gasteiger partial charge is 0.469 e. The first kappa shape index (κ1) is 26.8.